The highest BCUT2D eigenvalue weighted by Crippen LogP contribution is 2.29. The van der Waals surface area contributed by atoms with Crippen LogP contribution in [-0.2, 0) is 16.0 Å². The fourth-order valence-corrected chi connectivity index (χ4v) is 2.46. The van der Waals surface area contributed by atoms with E-state index in [9.17, 15) is 9.59 Å². The minimum absolute atomic E-state index is 0.0845. The first-order valence-corrected chi connectivity index (χ1v) is 5.98. The standard InChI is InChI=1S/C13H14N2O2/c16-12-5-6-13(17)15(12)10-3-4-11-9(8-10)2-1-7-14-11/h3-4,8,14H,1-2,5-7H2. The number of rotatable bonds is 1. The van der Waals surface area contributed by atoms with Crippen LogP contribution in [0.3, 0.4) is 0 Å². The quantitative estimate of drug-likeness (QED) is 0.747. The summed E-state index contributed by atoms with van der Waals surface area (Å²) < 4.78 is 0. The third kappa shape index (κ3) is 1.69. The summed E-state index contributed by atoms with van der Waals surface area (Å²) in [5.41, 5.74) is 3.04. The van der Waals surface area contributed by atoms with E-state index in [2.05, 4.69) is 5.32 Å². The second kappa shape index (κ2) is 3.87. The molecule has 1 aromatic rings. The van der Waals surface area contributed by atoms with Crippen molar-refractivity contribution in [3.05, 3.63) is 23.8 Å². The predicted molar refractivity (Wildman–Crippen MR) is 65.0 cm³/mol. The Hall–Kier alpha value is -1.84. The number of nitrogens with one attached hydrogen (secondary N) is 1. The third-order valence-electron chi connectivity index (χ3n) is 3.34. The molecule has 2 aliphatic rings. The maximum atomic E-state index is 11.6. The SMILES string of the molecule is O=C1CCC(=O)N1c1ccc2c(c1)CCCN2. The van der Waals surface area contributed by atoms with Crippen LogP contribution in [0.25, 0.3) is 0 Å². The molecule has 3 rings (SSSR count). The zero-order valence-electron chi connectivity index (χ0n) is 9.53. The van der Waals surface area contributed by atoms with Gasteiger partial charge < -0.3 is 5.32 Å². The van der Waals surface area contributed by atoms with Crippen LogP contribution in [0.4, 0.5) is 11.4 Å². The van der Waals surface area contributed by atoms with Crippen molar-refractivity contribution in [1.82, 2.24) is 0 Å². The van der Waals surface area contributed by atoms with Crippen LogP contribution in [0.2, 0.25) is 0 Å². The number of anilines is 2. The molecule has 0 bridgehead atoms. The summed E-state index contributed by atoms with van der Waals surface area (Å²) in [6.45, 7) is 0.994. The first-order valence-electron chi connectivity index (χ1n) is 5.98. The minimum Gasteiger partial charge on any atom is -0.385 e. The Bertz CT molecular complexity index is 480. The molecule has 1 saturated heterocycles. The number of nitrogens with zero attached hydrogens (tertiary/aromatic N) is 1. The third-order valence-corrected chi connectivity index (χ3v) is 3.34. The van der Waals surface area contributed by atoms with Gasteiger partial charge in [-0.15, -0.1) is 0 Å². The van der Waals surface area contributed by atoms with Gasteiger partial charge in [-0.05, 0) is 36.6 Å². The summed E-state index contributed by atoms with van der Waals surface area (Å²) in [5.74, 6) is -0.169. The zero-order valence-corrected chi connectivity index (χ0v) is 9.53. The van der Waals surface area contributed by atoms with Crippen LogP contribution < -0.4 is 10.2 Å². The summed E-state index contributed by atoms with van der Waals surface area (Å²) in [7, 11) is 0. The first kappa shape index (κ1) is 10.3. The number of amides is 2. The molecule has 2 heterocycles. The molecular formula is C13H14N2O2. The number of benzene rings is 1. The molecule has 0 atom stereocenters. The topological polar surface area (TPSA) is 49.4 Å². The molecule has 2 aliphatic heterocycles. The lowest BCUT2D eigenvalue weighted by molar-refractivity contribution is -0.121. The average molecular weight is 230 g/mol. The van der Waals surface area contributed by atoms with E-state index < -0.39 is 0 Å². The molecule has 1 fully saturated rings. The molecule has 0 unspecified atom stereocenters. The van der Waals surface area contributed by atoms with Crippen molar-refractivity contribution in [2.24, 2.45) is 0 Å². The lowest BCUT2D eigenvalue weighted by Gasteiger charge is -2.21. The Labute approximate surface area is 99.6 Å². The Morgan fingerprint density at radius 1 is 1.06 bits per heavy atom. The van der Waals surface area contributed by atoms with Crippen LogP contribution in [-0.4, -0.2) is 18.4 Å². The number of fused-ring (bicyclic) bond motifs is 1. The van der Waals surface area contributed by atoms with E-state index in [0.29, 0.717) is 12.8 Å². The maximum Gasteiger partial charge on any atom is 0.234 e. The minimum atomic E-state index is -0.0845. The van der Waals surface area contributed by atoms with Gasteiger partial charge in [-0.1, -0.05) is 0 Å². The van der Waals surface area contributed by atoms with Crippen molar-refractivity contribution in [3.8, 4) is 0 Å². The van der Waals surface area contributed by atoms with Gasteiger partial charge in [0.05, 0.1) is 5.69 Å². The van der Waals surface area contributed by atoms with E-state index in [-0.39, 0.29) is 11.8 Å². The Morgan fingerprint density at radius 3 is 2.59 bits per heavy atom. The molecule has 4 nitrogen and oxygen atoms in total. The van der Waals surface area contributed by atoms with Gasteiger partial charge in [0.15, 0.2) is 0 Å². The molecular weight excluding hydrogens is 216 g/mol. The highest BCUT2D eigenvalue weighted by atomic mass is 16.2. The molecule has 0 saturated carbocycles. The van der Waals surface area contributed by atoms with Crippen molar-refractivity contribution in [2.75, 3.05) is 16.8 Å². The summed E-state index contributed by atoms with van der Waals surface area (Å²) in [5, 5.41) is 3.31. The van der Waals surface area contributed by atoms with Crippen LogP contribution in [0.1, 0.15) is 24.8 Å². The van der Waals surface area contributed by atoms with Gasteiger partial charge in [-0.2, -0.15) is 0 Å². The van der Waals surface area contributed by atoms with Gasteiger partial charge in [-0.25, -0.2) is 0 Å². The molecule has 2 amide bonds. The van der Waals surface area contributed by atoms with E-state index in [1.54, 1.807) is 0 Å². The fourth-order valence-electron chi connectivity index (χ4n) is 2.46. The smallest absolute Gasteiger partial charge is 0.234 e. The molecule has 1 N–H and O–H groups in total. The molecule has 0 radical (unpaired) electrons. The van der Waals surface area contributed by atoms with E-state index in [1.165, 1.54) is 10.5 Å². The van der Waals surface area contributed by atoms with Crippen LogP contribution >= 0.6 is 0 Å². The van der Waals surface area contributed by atoms with Gasteiger partial charge >= 0.3 is 0 Å². The Morgan fingerprint density at radius 2 is 1.82 bits per heavy atom. The highest BCUT2D eigenvalue weighted by Gasteiger charge is 2.30. The molecule has 0 aliphatic carbocycles. The number of imide groups is 1. The van der Waals surface area contributed by atoms with Gasteiger partial charge in [0.1, 0.15) is 0 Å². The largest absolute Gasteiger partial charge is 0.385 e. The second-order valence-corrected chi connectivity index (χ2v) is 4.49. The van der Waals surface area contributed by atoms with Crippen LogP contribution in [0, 0.1) is 0 Å². The summed E-state index contributed by atoms with van der Waals surface area (Å²) in [4.78, 5) is 24.6. The Kier molecular flexibility index (Phi) is 2.35. The Balaban J connectivity index is 1.98. The van der Waals surface area contributed by atoms with Crippen molar-refractivity contribution >= 4 is 23.2 Å². The van der Waals surface area contributed by atoms with E-state index >= 15 is 0 Å². The number of carbonyl (C=O) groups is 2. The summed E-state index contributed by atoms with van der Waals surface area (Å²) >= 11 is 0. The van der Waals surface area contributed by atoms with Gasteiger partial charge in [0.2, 0.25) is 11.8 Å². The van der Waals surface area contributed by atoms with E-state index in [0.717, 1.165) is 30.8 Å². The number of carbonyl (C=O) groups excluding carboxylic acids is 2. The summed E-state index contributed by atoms with van der Waals surface area (Å²) in [6.07, 6.45) is 2.78. The van der Waals surface area contributed by atoms with Crippen molar-refractivity contribution in [1.29, 1.82) is 0 Å². The average Bonchev–Trinajstić information content (AvgIpc) is 2.68. The zero-order chi connectivity index (χ0) is 11.8. The monoisotopic (exact) mass is 230 g/mol. The van der Waals surface area contributed by atoms with Gasteiger partial charge in [-0.3, -0.25) is 14.5 Å². The normalized spacial score (nSPS) is 19.2. The number of hydrogen-bond donors (Lipinski definition) is 1. The maximum absolute atomic E-state index is 11.6. The molecule has 88 valence electrons. The van der Waals surface area contributed by atoms with Crippen LogP contribution in [0.15, 0.2) is 18.2 Å². The van der Waals surface area contributed by atoms with Crippen LogP contribution in [0.5, 0.6) is 0 Å². The van der Waals surface area contributed by atoms with Gasteiger partial charge in [0.25, 0.3) is 0 Å². The van der Waals surface area contributed by atoms with E-state index in [1.807, 2.05) is 18.2 Å². The van der Waals surface area contributed by atoms with Crippen molar-refractivity contribution in [3.63, 3.8) is 0 Å². The summed E-state index contributed by atoms with van der Waals surface area (Å²) in [6, 6.07) is 5.77. The molecule has 0 spiro atoms. The lowest BCUT2D eigenvalue weighted by atomic mass is 10.0. The van der Waals surface area contributed by atoms with Crippen molar-refractivity contribution < 1.29 is 9.59 Å². The second-order valence-electron chi connectivity index (χ2n) is 4.49. The van der Waals surface area contributed by atoms with Gasteiger partial charge in [0, 0.05) is 25.1 Å². The lowest BCUT2D eigenvalue weighted by Crippen LogP contribution is -2.28. The fraction of sp³-hybridized carbons (Fsp3) is 0.385. The molecule has 0 aromatic heterocycles. The predicted octanol–water partition coefficient (Wildman–Crippen LogP) is 1.70. The number of aryl methyl sites for hydroxylation is 1. The van der Waals surface area contributed by atoms with E-state index in [4.69, 9.17) is 0 Å². The number of hydrogen-bond acceptors (Lipinski definition) is 3. The highest BCUT2D eigenvalue weighted by molar-refractivity contribution is 6.19. The first-order chi connectivity index (χ1) is 8.25. The molecule has 1 aromatic carbocycles. The van der Waals surface area contributed by atoms with Crippen molar-refractivity contribution in [2.45, 2.75) is 25.7 Å². The molecule has 4 heteroatoms. The molecule has 17 heavy (non-hydrogen) atoms.